The first kappa shape index (κ1) is 22.0. The van der Waals surface area contributed by atoms with Gasteiger partial charge in [-0.25, -0.2) is 9.78 Å². The second-order valence-corrected chi connectivity index (χ2v) is 5.74. The van der Waals surface area contributed by atoms with Crippen LogP contribution in [0.5, 0.6) is 0 Å². The van der Waals surface area contributed by atoms with Gasteiger partial charge in [0.25, 0.3) is 5.56 Å². The van der Waals surface area contributed by atoms with Crippen LogP contribution >= 0.6 is 11.3 Å². The highest BCUT2D eigenvalue weighted by Gasteiger charge is 2.18. The zero-order valence-corrected chi connectivity index (χ0v) is 16.1. The van der Waals surface area contributed by atoms with Crippen LogP contribution in [-0.4, -0.2) is 56.1 Å². The molecule has 0 radical (unpaired) electrons. The predicted molar refractivity (Wildman–Crippen MR) is 101 cm³/mol. The Morgan fingerprint density at radius 3 is 2.54 bits per heavy atom. The topological polar surface area (TPSA) is 106 Å². The molecule has 0 atom stereocenters. The molecule has 144 valence electrons. The number of ether oxygens (including phenoxy) is 3. The fourth-order valence-electron chi connectivity index (χ4n) is 1.97. The molecule has 2 rings (SSSR count). The summed E-state index contributed by atoms with van der Waals surface area (Å²) in [6.07, 6.45) is 1.27. The molecule has 2 aromatic heterocycles. The number of rotatable bonds is 8. The van der Waals surface area contributed by atoms with Gasteiger partial charge in [0, 0.05) is 37.9 Å². The summed E-state index contributed by atoms with van der Waals surface area (Å²) >= 11 is 1.51. The van der Waals surface area contributed by atoms with Gasteiger partial charge >= 0.3 is 5.97 Å². The minimum Gasteiger partial charge on any atom is -0.462 e. The van der Waals surface area contributed by atoms with Crippen LogP contribution in [0.2, 0.25) is 0 Å². The first-order valence-electron chi connectivity index (χ1n) is 8.08. The number of esters is 1. The lowest BCUT2D eigenvalue weighted by atomic mass is 10.2. The summed E-state index contributed by atoms with van der Waals surface area (Å²) in [5, 5.41) is 3.80. The molecule has 0 spiro atoms. The highest BCUT2D eigenvalue weighted by molar-refractivity contribution is 7.08. The van der Waals surface area contributed by atoms with Crippen molar-refractivity contribution in [1.29, 1.82) is 0 Å². The second kappa shape index (κ2) is 12.3. The largest absolute Gasteiger partial charge is 0.462 e. The van der Waals surface area contributed by atoms with E-state index in [1.165, 1.54) is 22.1 Å². The average molecular weight is 383 g/mol. The molecule has 0 unspecified atom stereocenters. The van der Waals surface area contributed by atoms with Gasteiger partial charge in [0.2, 0.25) is 0 Å². The number of hydrogen-bond donors (Lipinski definition) is 1. The van der Waals surface area contributed by atoms with E-state index < -0.39 is 11.5 Å². The molecule has 2 aromatic rings. The number of hydrogen-bond acceptors (Lipinski definition) is 8. The third-order valence-electron chi connectivity index (χ3n) is 3.16. The van der Waals surface area contributed by atoms with E-state index >= 15 is 0 Å². The fraction of sp³-hybridized carbons (Fsp3) is 0.471. The first-order chi connectivity index (χ1) is 12.6. The van der Waals surface area contributed by atoms with E-state index in [4.69, 9.17) is 15.2 Å². The van der Waals surface area contributed by atoms with E-state index in [0.717, 1.165) is 5.56 Å². The highest BCUT2D eigenvalue weighted by Crippen LogP contribution is 2.19. The predicted octanol–water partition coefficient (Wildman–Crippen LogP) is 1.39. The fourth-order valence-corrected chi connectivity index (χ4v) is 2.61. The number of aromatic nitrogens is 2. The number of methoxy groups -OCH3 is 2. The van der Waals surface area contributed by atoms with Crippen LogP contribution in [0.4, 0.5) is 0 Å². The van der Waals surface area contributed by atoms with Crippen LogP contribution in [0.1, 0.15) is 17.3 Å². The zero-order chi connectivity index (χ0) is 19.4. The van der Waals surface area contributed by atoms with Crippen LogP contribution in [-0.2, 0) is 20.8 Å². The van der Waals surface area contributed by atoms with Crippen LogP contribution < -0.4 is 11.3 Å². The van der Waals surface area contributed by atoms with Crippen LogP contribution in [0, 0.1) is 0 Å². The van der Waals surface area contributed by atoms with Crippen molar-refractivity contribution in [3.8, 4) is 11.4 Å². The number of nitrogens with two attached hydrogens (primary N) is 1. The highest BCUT2D eigenvalue weighted by atomic mass is 32.1. The summed E-state index contributed by atoms with van der Waals surface area (Å²) in [7, 11) is 3.19. The van der Waals surface area contributed by atoms with Crippen LogP contribution in [0.3, 0.4) is 0 Å². The van der Waals surface area contributed by atoms with E-state index in [1.54, 1.807) is 21.1 Å². The van der Waals surface area contributed by atoms with Crippen molar-refractivity contribution < 1.29 is 19.0 Å². The van der Waals surface area contributed by atoms with E-state index in [1.807, 2.05) is 16.8 Å². The maximum absolute atomic E-state index is 12.5. The second-order valence-electron chi connectivity index (χ2n) is 4.96. The van der Waals surface area contributed by atoms with Crippen molar-refractivity contribution >= 4 is 17.3 Å². The Balaban J connectivity index is 0.000000597. The van der Waals surface area contributed by atoms with Gasteiger partial charge in [0.05, 0.1) is 26.4 Å². The van der Waals surface area contributed by atoms with Gasteiger partial charge in [0.1, 0.15) is 11.4 Å². The molecule has 0 saturated carbocycles. The number of carbonyl (C=O) groups is 1. The minimum atomic E-state index is -0.655. The molecule has 0 amide bonds. The normalized spacial score (nSPS) is 10.2. The molecule has 0 aliphatic rings. The minimum absolute atomic E-state index is 0.0630. The molecule has 0 aliphatic carbocycles. The van der Waals surface area contributed by atoms with E-state index in [-0.39, 0.29) is 12.2 Å². The van der Waals surface area contributed by atoms with Gasteiger partial charge in [-0.15, -0.1) is 0 Å². The quantitative estimate of drug-likeness (QED) is 0.687. The lowest BCUT2D eigenvalue weighted by Gasteiger charge is -2.12. The monoisotopic (exact) mass is 383 g/mol. The molecule has 0 aromatic carbocycles. The summed E-state index contributed by atoms with van der Waals surface area (Å²) in [6.45, 7) is 3.86. The lowest BCUT2D eigenvalue weighted by Crippen LogP contribution is -2.30. The van der Waals surface area contributed by atoms with Crippen molar-refractivity contribution in [3.63, 3.8) is 0 Å². The summed E-state index contributed by atoms with van der Waals surface area (Å²) in [5.41, 5.74) is 5.37. The third kappa shape index (κ3) is 6.34. The van der Waals surface area contributed by atoms with Gasteiger partial charge < -0.3 is 19.9 Å². The molecule has 2 N–H and O–H groups in total. The molecule has 26 heavy (non-hydrogen) atoms. The maximum atomic E-state index is 12.5. The smallest absolute Gasteiger partial charge is 0.345 e. The summed E-state index contributed by atoms with van der Waals surface area (Å²) < 4.78 is 15.9. The molecule has 0 bridgehead atoms. The molecule has 0 aliphatic heterocycles. The molecule has 9 heteroatoms. The maximum Gasteiger partial charge on any atom is 0.345 e. The first-order valence-corrected chi connectivity index (χ1v) is 9.02. The SMILES string of the molecule is CCOC(=O)c1cnc(-c2ccsc2)n(CCOC)c1=O.COCCN. The number of nitrogens with zero attached hydrogens (tertiary/aromatic N) is 2. The molecular formula is C17H25N3O5S. The summed E-state index contributed by atoms with van der Waals surface area (Å²) in [4.78, 5) is 28.5. The van der Waals surface area contributed by atoms with Gasteiger partial charge in [0.15, 0.2) is 0 Å². The zero-order valence-electron chi connectivity index (χ0n) is 15.3. The van der Waals surface area contributed by atoms with Gasteiger partial charge in [-0.05, 0) is 18.4 Å². The Kier molecular flexibility index (Phi) is 10.4. The van der Waals surface area contributed by atoms with Crippen molar-refractivity contribution in [2.24, 2.45) is 5.73 Å². The molecular weight excluding hydrogens is 358 g/mol. The lowest BCUT2D eigenvalue weighted by molar-refractivity contribution is 0.0522. The Hall–Kier alpha value is -2.07. The van der Waals surface area contributed by atoms with Gasteiger partial charge in [-0.1, -0.05) is 0 Å². The van der Waals surface area contributed by atoms with Crippen molar-refractivity contribution in [2.45, 2.75) is 13.5 Å². The molecule has 0 saturated heterocycles. The summed E-state index contributed by atoms with van der Waals surface area (Å²) in [5.74, 6) is -0.135. The number of carbonyl (C=O) groups excluding carboxylic acids is 1. The van der Waals surface area contributed by atoms with Crippen molar-refractivity contribution in [2.75, 3.05) is 40.6 Å². The van der Waals surface area contributed by atoms with Crippen LogP contribution in [0.15, 0.2) is 27.8 Å². The molecule has 8 nitrogen and oxygen atoms in total. The van der Waals surface area contributed by atoms with Gasteiger partial charge in [-0.2, -0.15) is 11.3 Å². The Bertz CT molecular complexity index is 714. The third-order valence-corrected chi connectivity index (χ3v) is 3.85. The van der Waals surface area contributed by atoms with E-state index in [9.17, 15) is 9.59 Å². The Labute approximate surface area is 156 Å². The molecule has 2 heterocycles. The Morgan fingerprint density at radius 2 is 2.04 bits per heavy atom. The van der Waals surface area contributed by atoms with Crippen molar-refractivity contribution in [1.82, 2.24) is 9.55 Å². The van der Waals surface area contributed by atoms with E-state index in [2.05, 4.69) is 9.72 Å². The Morgan fingerprint density at radius 1 is 1.31 bits per heavy atom. The standard InChI is InChI=1S/C14H16N2O4S.C3H9NO/c1-3-20-14(18)11-8-15-12(10-4-7-21-9-10)16(13(11)17)5-6-19-2;1-5-3-2-4/h4,7-9H,3,5-6H2,1-2H3;2-4H2,1H3. The van der Waals surface area contributed by atoms with Gasteiger partial charge in [-0.3, -0.25) is 9.36 Å². The van der Waals surface area contributed by atoms with Crippen LogP contribution in [0.25, 0.3) is 11.4 Å². The summed E-state index contributed by atoms with van der Waals surface area (Å²) in [6, 6.07) is 1.87. The van der Waals surface area contributed by atoms with E-state index in [0.29, 0.717) is 32.1 Å². The average Bonchev–Trinajstić information content (AvgIpc) is 3.16. The molecule has 0 fully saturated rings. The van der Waals surface area contributed by atoms with Crippen molar-refractivity contribution in [3.05, 3.63) is 38.9 Å². The number of thiophene rings is 1.